The fourth-order valence-electron chi connectivity index (χ4n) is 5.56. The third kappa shape index (κ3) is 6.22. The number of hydrogen-bond donors (Lipinski definition) is 3. The fraction of sp³-hybridized carbons (Fsp3) is 0.133. The lowest BCUT2D eigenvalue weighted by atomic mass is 10.0. The first-order valence-electron chi connectivity index (χ1n) is 14.2. The fourth-order valence-corrected chi connectivity index (χ4v) is 5.72. The molecule has 0 radical (unpaired) electrons. The summed E-state index contributed by atoms with van der Waals surface area (Å²) in [5.41, 5.74) is 0.569. The summed E-state index contributed by atoms with van der Waals surface area (Å²) >= 11 is 6.23. The quantitative estimate of drug-likeness (QED) is 0.115. The number of halogens is 1. The van der Waals surface area contributed by atoms with Gasteiger partial charge in [0.1, 0.15) is 18.1 Å². The molecule has 2 aromatic heterocycles. The predicted molar refractivity (Wildman–Crippen MR) is 170 cm³/mol. The van der Waals surface area contributed by atoms with E-state index in [4.69, 9.17) is 11.6 Å². The van der Waals surface area contributed by atoms with Gasteiger partial charge in [0.15, 0.2) is 0 Å². The summed E-state index contributed by atoms with van der Waals surface area (Å²) in [5, 5.41) is 44.4. The second kappa shape index (κ2) is 12.8. The molecule has 0 aliphatic carbocycles. The topological polar surface area (TPSA) is 236 Å². The SMILES string of the molecule is O=C(O)c1cc2cc(NC(=O)C(Cc3ccc([N+](=O)[O-])cc3)N3CCN(c4cc(Cl)ccc4-n4cnnn4)C(=O)C3=O)ccc2n1C(=O)O. The van der Waals surface area contributed by atoms with Gasteiger partial charge in [-0.15, -0.1) is 5.10 Å². The Labute approximate surface area is 278 Å². The van der Waals surface area contributed by atoms with Crippen molar-refractivity contribution in [1.82, 2.24) is 29.7 Å². The zero-order chi connectivity index (χ0) is 35.0. The summed E-state index contributed by atoms with van der Waals surface area (Å²) < 4.78 is 1.89. The van der Waals surface area contributed by atoms with E-state index in [1.807, 2.05) is 0 Å². The molecule has 19 heteroatoms. The number of hydrogen-bond acceptors (Lipinski definition) is 10. The molecule has 0 saturated carbocycles. The molecule has 1 aliphatic rings. The van der Waals surface area contributed by atoms with Gasteiger partial charge in [-0.1, -0.05) is 23.7 Å². The number of benzene rings is 3. The van der Waals surface area contributed by atoms with E-state index in [1.54, 1.807) is 12.1 Å². The first-order valence-corrected chi connectivity index (χ1v) is 14.6. The number of carboxylic acid groups (broad SMARTS) is 2. The van der Waals surface area contributed by atoms with E-state index in [1.165, 1.54) is 64.4 Å². The van der Waals surface area contributed by atoms with Gasteiger partial charge in [-0.05, 0) is 58.5 Å². The monoisotopic (exact) mass is 687 g/mol. The van der Waals surface area contributed by atoms with Crippen LogP contribution in [0.4, 0.5) is 21.9 Å². The van der Waals surface area contributed by atoms with Crippen LogP contribution in [-0.4, -0.2) is 93.7 Å². The minimum Gasteiger partial charge on any atom is -0.477 e. The maximum atomic E-state index is 13.9. The highest BCUT2D eigenvalue weighted by Gasteiger charge is 2.40. The average Bonchev–Trinajstić information content (AvgIpc) is 3.74. The maximum Gasteiger partial charge on any atom is 0.416 e. The molecule has 1 atom stereocenters. The van der Waals surface area contributed by atoms with Crippen LogP contribution in [0.5, 0.6) is 0 Å². The Morgan fingerprint density at radius 1 is 0.959 bits per heavy atom. The second-order valence-electron chi connectivity index (χ2n) is 10.7. The number of rotatable bonds is 9. The molecule has 3 N–H and O–H groups in total. The van der Waals surface area contributed by atoms with E-state index in [2.05, 4.69) is 20.8 Å². The lowest BCUT2D eigenvalue weighted by molar-refractivity contribution is -0.384. The molecule has 1 aliphatic heterocycles. The van der Waals surface area contributed by atoms with Crippen molar-refractivity contribution in [2.45, 2.75) is 12.5 Å². The van der Waals surface area contributed by atoms with Gasteiger partial charge >= 0.3 is 23.9 Å². The van der Waals surface area contributed by atoms with Crippen molar-refractivity contribution in [3.63, 3.8) is 0 Å². The Morgan fingerprint density at radius 3 is 2.37 bits per heavy atom. The molecule has 49 heavy (non-hydrogen) atoms. The number of amides is 3. The number of non-ortho nitro benzene ring substituents is 1. The maximum absolute atomic E-state index is 13.9. The number of piperazine rings is 1. The van der Waals surface area contributed by atoms with Gasteiger partial charge < -0.3 is 25.3 Å². The van der Waals surface area contributed by atoms with Gasteiger partial charge in [0.25, 0.3) is 5.69 Å². The summed E-state index contributed by atoms with van der Waals surface area (Å²) in [6.07, 6.45) is -0.356. The second-order valence-corrected chi connectivity index (χ2v) is 11.1. The van der Waals surface area contributed by atoms with Crippen LogP contribution in [0.2, 0.25) is 5.02 Å². The lowest BCUT2D eigenvalue weighted by Gasteiger charge is -2.38. The van der Waals surface area contributed by atoms with Crippen molar-refractivity contribution >= 4 is 69.4 Å². The summed E-state index contributed by atoms with van der Waals surface area (Å²) in [5.74, 6) is -4.20. The highest BCUT2D eigenvalue weighted by atomic mass is 35.5. The van der Waals surface area contributed by atoms with Gasteiger partial charge in [0, 0.05) is 47.7 Å². The van der Waals surface area contributed by atoms with Crippen molar-refractivity contribution < 1.29 is 39.1 Å². The van der Waals surface area contributed by atoms with Crippen LogP contribution in [0, 0.1) is 10.1 Å². The van der Waals surface area contributed by atoms with Gasteiger partial charge in [-0.25, -0.2) is 14.2 Å². The number of nitro groups is 1. The number of carbonyl (C=O) groups is 5. The number of aromatic nitrogens is 5. The minimum atomic E-state index is -1.52. The third-order valence-electron chi connectivity index (χ3n) is 7.81. The van der Waals surface area contributed by atoms with Crippen molar-refractivity contribution in [1.29, 1.82) is 0 Å². The smallest absolute Gasteiger partial charge is 0.416 e. The van der Waals surface area contributed by atoms with Gasteiger partial charge in [-0.3, -0.25) is 24.5 Å². The van der Waals surface area contributed by atoms with E-state index in [-0.39, 0.29) is 52.5 Å². The number of carboxylic acids is 1. The number of anilines is 2. The molecule has 5 aromatic rings. The molecule has 1 saturated heterocycles. The molecule has 3 heterocycles. The molecule has 3 amide bonds. The molecular weight excluding hydrogens is 666 g/mol. The van der Waals surface area contributed by atoms with Crippen LogP contribution in [0.15, 0.2) is 73.1 Å². The van der Waals surface area contributed by atoms with Crippen molar-refractivity contribution in [2.24, 2.45) is 0 Å². The Morgan fingerprint density at radius 2 is 1.71 bits per heavy atom. The van der Waals surface area contributed by atoms with E-state index in [0.29, 0.717) is 15.8 Å². The number of fused-ring (bicyclic) bond motifs is 1. The number of aromatic carboxylic acids is 1. The molecule has 0 spiro atoms. The van der Waals surface area contributed by atoms with Gasteiger partial charge in [0.05, 0.1) is 21.8 Å². The van der Waals surface area contributed by atoms with Gasteiger partial charge in [0.2, 0.25) is 5.91 Å². The van der Waals surface area contributed by atoms with Crippen LogP contribution in [0.25, 0.3) is 16.6 Å². The minimum absolute atomic E-state index is 0.0588. The van der Waals surface area contributed by atoms with Crippen LogP contribution < -0.4 is 10.2 Å². The van der Waals surface area contributed by atoms with Crippen molar-refractivity contribution in [3.05, 3.63) is 99.5 Å². The summed E-state index contributed by atoms with van der Waals surface area (Å²) in [4.78, 5) is 77.6. The Hall–Kier alpha value is -6.69. The molecule has 0 bridgehead atoms. The van der Waals surface area contributed by atoms with Crippen LogP contribution in [0.3, 0.4) is 0 Å². The summed E-state index contributed by atoms with van der Waals surface area (Å²) in [6.45, 7) is -0.170. The summed E-state index contributed by atoms with van der Waals surface area (Å²) in [7, 11) is 0. The van der Waals surface area contributed by atoms with E-state index in [0.717, 1.165) is 11.0 Å². The summed E-state index contributed by atoms with van der Waals surface area (Å²) in [6, 6.07) is 13.8. The Balaban J connectivity index is 1.32. The molecule has 3 aromatic carbocycles. The number of nitrogens with zero attached hydrogens (tertiary/aromatic N) is 8. The van der Waals surface area contributed by atoms with Gasteiger partial charge in [-0.2, -0.15) is 4.68 Å². The Kier molecular flexibility index (Phi) is 8.45. The molecular formula is C30H22ClN9O9. The van der Waals surface area contributed by atoms with E-state index in [9.17, 15) is 44.3 Å². The normalized spacial score (nSPS) is 13.8. The van der Waals surface area contributed by atoms with Crippen LogP contribution >= 0.6 is 11.6 Å². The van der Waals surface area contributed by atoms with Crippen LogP contribution in [-0.2, 0) is 20.8 Å². The number of carbonyl (C=O) groups excluding carboxylic acids is 3. The predicted octanol–water partition coefficient (Wildman–Crippen LogP) is 2.83. The van der Waals surface area contributed by atoms with E-state index < -0.39 is 46.4 Å². The molecule has 1 fully saturated rings. The Bertz CT molecular complexity index is 2170. The first kappa shape index (κ1) is 32.3. The lowest BCUT2D eigenvalue weighted by Crippen LogP contribution is -2.60. The molecule has 248 valence electrons. The number of nitrogens with one attached hydrogen (secondary N) is 1. The molecule has 6 rings (SSSR count). The third-order valence-corrected chi connectivity index (χ3v) is 8.05. The number of tetrazole rings is 1. The van der Waals surface area contributed by atoms with Crippen molar-refractivity contribution in [3.8, 4) is 5.69 Å². The van der Waals surface area contributed by atoms with Crippen molar-refractivity contribution in [2.75, 3.05) is 23.3 Å². The molecule has 18 nitrogen and oxygen atoms in total. The highest BCUT2D eigenvalue weighted by Crippen LogP contribution is 2.30. The zero-order valence-corrected chi connectivity index (χ0v) is 25.6. The standard InChI is InChI=1S/C30H22ClN9O9/c31-18-3-7-22(38-15-32-34-35-38)23(14-18)36-9-10-37(28(43)27(36)42)24(11-16-1-5-20(6-2-16)40(48)49)26(41)33-19-4-8-21-17(12-19)13-25(29(44)45)39(21)30(46)47/h1-8,12-15,24H,9-11H2,(H,33,41)(H,44,45)(H,46,47). The largest absolute Gasteiger partial charge is 0.477 e. The van der Waals surface area contributed by atoms with Crippen LogP contribution in [0.1, 0.15) is 16.1 Å². The average molecular weight is 688 g/mol. The van der Waals surface area contributed by atoms with E-state index >= 15 is 0 Å². The zero-order valence-electron chi connectivity index (χ0n) is 24.8. The molecule has 1 unspecified atom stereocenters. The highest BCUT2D eigenvalue weighted by molar-refractivity contribution is 6.41. The number of nitro benzene ring substituents is 1. The first-order chi connectivity index (χ1) is 23.4.